The molecular formula is C16H16ClN5O5S2. The van der Waals surface area contributed by atoms with Crippen molar-refractivity contribution in [2.45, 2.75) is 11.4 Å². The van der Waals surface area contributed by atoms with Crippen LogP contribution in [0.25, 0.3) is 0 Å². The van der Waals surface area contributed by atoms with Crippen LogP contribution in [0.4, 0.5) is 5.13 Å². The van der Waals surface area contributed by atoms with Gasteiger partial charge in [-0.05, 0) is 6.08 Å². The average molecular weight is 458 g/mol. The highest BCUT2D eigenvalue weighted by Gasteiger charge is 2.50. The van der Waals surface area contributed by atoms with Gasteiger partial charge in [-0.25, -0.2) is 9.78 Å². The van der Waals surface area contributed by atoms with E-state index in [0.717, 1.165) is 11.3 Å². The van der Waals surface area contributed by atoms with E-state index in [-0.39, 0.29) is 34.4 Å². The third-order valence-electron chi connectivity index (χ3n) is 3.90. The number of amides is 2. The summed E-state index contributed by atoms with van der Waals surface area (Å²) in [4.78, 5) is 47.2. The van der Waals surface area contributed by atoms with Crippen LogP contribution in [-0.4, -0.2) is 64.3 Å². The fourth-order valence-corrected chi connectivity index (χ4v) is 4.45. The molecule has 0 bridgehead atoms. The van der Waals surface area contributed by atoms with Crippen LogP contribution in [0, 0.1) is 0 Å². The Balaban J connectivity index is 1.65. The molecule has 0 aliphatic carbocycles. The summed E-state index contributed by atoms with van der Waals surface area (Å²) in [6, 6.07) is -0.765. The second-order valence-corrected chi connectivity index (χ2v) is 7.95. The SMILES string of the molecule is CON=C(C(=O)NC1C(=O)N2C=C(C(=O)OCC=CCl)CS[C@H]12)c1csc(N)n1. The normalized spacial score (nSPS) is 21.3. The topological polar surface area (TPSA) is 136 Å². The summed E-state index contributed by atoms with van der Waals surface area (Å²) in [7, 11) is 1.30. The lowest BCUT2D eigenvalue weighted by molar-refractivity contribution is -0.144. The van der Waals surface area contributed by atoms with Gasteiger partial charge in [0.1, 0.15) is 30.8 Å². The van der Waals surface area contributed by atoms with Crippen molar-refractivity contribution >= 4 is 63.3 Å². The lowest BCUT2D eigenvalue weighted by atomic mass is 10.1. The van der Waals surface area contributed by atoms with Gasteiger partial charge in [0.15, 0.2) is 10.8 Å². The van der Waals surface area contributed by atoms with Crippen LogP contribution in [0.1, 0.15) is 5.69 Å². The quantitative estimate of drug-likeness (QED) is 0.263. The molecule has 1 aromatic heterocycles. The summed E-state index contributed by atoms with van der Waals surface area (Å²) in [5.74, 6) is -1.15. The van der Waals surface area contributed by atoms with Crippen LogP contribution in [0.3, 0.4) is 0 Å². The van der Waals surface area contributed by atoms with E-state index in [9.17, 15) is 14.4 Å². The van der Waals surface area contributed by atoms with Gasteiger partial charge in [0.05, 0.1) is 5.57 Å². The van der Waals surface area contributed by atoms with E-state index in [4.69, 9.17) is 26.9 Å². The molecule has 1 aromatic rings. The molecule has 0 spiro atoms. The maximum absolute atomic E-state index is 12.6. The summed E-state index contributed by atoms with van der Waals surface area (Å²) in [6.45, 7) is 0.0448. The van der Waals surface area contributed by atoms with Gasteiger partial charge < -0.3 is 25.5 Å². The number of ether oxygens (including phenoxy) is 1. The van der Waals surface area contributed by atoms with Crippen LogP contribution >= 0.6 is 34.7 Å². The number of fused-ring (bicyclic) bond motifs is 1. The van der Waals surface area contributed by atoms with Crippen LogP contribution in [0.2, 0.25) is 0 Å². The summed E-state index contributed by atoms with van der Waals surface area (Å²) in [5.41, 5.74) is 7.37. The first-order valence-corrected chi connectivity index (χ1v) is 10.5. The van der Waals surface area contributed by atoms with Crippen molar-refractivity contribution in [3.63, 3.8) is 0 Å². The lowest BCUT2D eigenvalue weighted by Crippen LogP contribution is -2.69. The number of esters is 1. The van der Waals surface area contributed by atoms with Crippen molar-refractivity contribution in [1.82, 2.24) is 15.2 Å². The highest BCUT2D eigenvalue weighted by molar-refractivity contribution is 8.00. The van der Waals surface area contributed by atoms with Crippen molar-refractivity contribution in [2.75, 3.05) is 25.2 Å². The predicted octanol–water partition coefficient (Wildman–Crippen LogP) is 0.655. The number of hydrogen-bond donors (Lipinski definition) is 2. The van der Waals surface area contributed by atoms with E-state index in [1.54, 1.807) is 5.38 Å². The Morgan fingerprint density at radius 3 is 3.00 bits per heavy atom. The van der Waals surface area contributed by atoms with Gasteiger partial charge in [-0.15, -0.1) is 23.1 Å². The van der Waals surface area contributed by atoms with Crippen molar-refractivity contribution in [3.05, 3.63) is 34.5 Å². The number of carbonyl (C=O) groups excluding carboxylic acids is 3. The molecule has 29 heavy (non-hydrogen) atoms. The highest BCUT2D eigenvalue weighted by atomic mass is 35.5. The number of thioether (sulfide) groups is 1. The fraction of sp³-hybridized carbons (Fsp3) is 0.312. The second-order valence-electron chi connectivity index (χ2n) is 5.71. The largest absolute Gasteiger partial charge is 0.458 e. The van der Waals surface area contributed by atoms with Gasteiger partial charge in [-0.3, -0.25) is 9.59 Å². The summed E-state index contributed by atoms with van der Waals surface area (Å²) >= 11 is 7.87. The molecule has 3 N–H and O–H groups in total. The lowest BCUT2D eigenvalue weighted by Gasteiger charge is -2.47. The van der Waals surface area contributed by atoms with E-state index in [1.807, 2.05) is 0 Å². The third-order valence-corrected chi connectivity index (χ3v) is 6.07. The monoisotopic (exact) mass is 457 g/mol. The number of nitrogens with zero attached hydrogens (tertiary/aromatic N) is 3. The molecule has 13 heteroatoms. The number of rotatable bonds is 7. The molecule has 2 aliphatic heterocycles. The van der Waals surface area contributed by atoms with Crippen LogP contribution in [0.5, 0.6) is 0 Å². The van der Waals surface area contributed by atoms with Gasteiger partial charge in [-0.1, -0.05) is 16.8 Å². The molecule has 3 rings (SSSR count). The minimum absolute atomic E-state index is 0.0448. The van der Waals surface area contributed by atoms with Crippen molar-refractivity contribution in [3.8, 4) is 0 Å². The minimum atomic E-state index is -0.765. The predicted molar refractivity (Wildman–Crippen MR) is 109 cm³/mol. The van der Waals surface area contributed by atoms with Crippen LogP contribution in [-0.2, 0) is 24.0 Å². The zero-order valence-corrected chi connectivity index (χ0v) is 17.4. The molecule has 2 atom stereocenters. The Labute approximate surface area is 178 Å². The standard InChI is InChI=1S/C16H16ClN5O5S2/c1-26-21-10(9-7-29-16(18)19-9)12(23)20-11-13(24)22-5-8(6-28-14(11)22)15(25)27-4-2-3-17/h2-3,5,7,11,14H,4,6H2,1H3,(H2,18,19)(H,20,23)/t11?,14-/m1/s1. The first-order valence-electron chi connectivity index (χ1n) is 8.16. The van der Waals surface area contributed by atoms with Crippen LogP contribution < -0.4 is 11.1 Å². The van der Waals surface area contributed by atoms with Gasteiger partial charge in [0.2, 0.25) is 0 Å². The van der Waals surface area contributed by atoms with Crippen molar-refractivity contribution in [1.29, 1.82) is 0 Å². The molecule has 154 valence electrons. The van der Waals surface area contributed by atoms with E-state index < -0.39 is 17.9 Å². The molecule has 1 fully saturated rings. The Hall–Kier alpha value is -2.57. The molecule has 10 nitrogen and oxygen atoms in total. The molecule has 1 unspecified atom stereocenters. The number of oxime groups is 1. The number of hydrogen-bond acceptors (Lipinski definition) is 10. The molecule has 3 heterocycles. The van der Waals surface area contributed by atoms with E-state index in [1.165, 1.54) is 41.6 Å². The van der Waals surface area contributed by atoms with Gasteiger partial charge in [0, 0.05) is 22.9 Å². The summed E-state index contributed by atoms with van der Waals surface area (Å²) < 4.78 is 5.02. The fourth-order valence-electron chi connectivity index (χ4n) is 2.58. The molecule has 0 saturated carbocycles. The maximum Gasteiger partial charge on any atom is 0.336 e. The van der Waals surface area contributed by atoms with E-state index >= 15 is 0 Å². The number of halogens is 1. The van der Waals surface area contributed by atoms with E-state index in [0.29, 0.717) is 11.3 Å². The minimum Gasteiger partial charge on any atom is -0.458 e. The zero-order chi connectivity index (χ0) is 21.0. The zero-order valence-electron chi connectivity index (χ0n) is 15.0. The summed E-state index contributed by atoms with van der Waals surface area (Å²) in [5, 5.41) is 7.83. The maximum atomic E-state index is 12.6. The molecule has 1 saturated heterocycles. The molecule has 0 aromatic carbocycles. The van der Waals surface area contributed by atoms with Gasteiger partial charge >= 0.3 is 5.97 Å². The number of nitrogen functional groups attached to an aromatic ring is 1. The second kappa shape index (κ2) is 9.29. The number of aromatic nitrogens is 1. The number of nitrogens with two attached hydrogens (primary N) is 1. The Kier molecular flexibility index (Phi) is 6.77. The molecular weight excluding hydrogens is 442 g/mol. The van der Waals surface area contributed by atoms with Gasteiger partial charge in [0.25, 0.3) is 11.8 Å². The Morgan fingerprint density at radius 2 is 2.34 bits per heavy atom. The van der Waals surface area contributed by atoms with Crippen LogP contribution in [0.15, 0.2) is 33.9 Å². The summed E-state index contributed by atoms with van der Waals surface area (Å²) in [6.07, 6.45) is 2.93. The number of β-lactam (4-membered cyclic amide) rings is 1. The number of anilines is 1. The average Bonchev–Trinajstić information content (AvgIpc) is 3.15. The van der Waals surface area contributed by atoms with Crippen molar-refractivity contribution in [2.24, 2.45) is 5.16 Å². The molecule has 2 aliphatic rings. The number of carbonyl (C=O) groups is 3. The number of nitrogens with one attached hydrogen (secondary N) is 1. The number of thiazole rings is 1. The first-order chi connectivity index (χ1) is 14.0. The van der Waals surface area contributed by atoms with Gasteiger partial charge in [-0.2, -0.15) is 0 Å². The first kappa shape index (κ1) is 21.1. The van der Waals surface area contributed by atoms with E-state index in [2.05, 4.69) is 15.5 Å². The highest BCUT2D eigenvalue weighted by Crippen LogP contribution is 2.36. The Bertz CT molecular complexity index is 915. The smallest absolute Gasteiger partial charge is 0.336 e. The Morgan fingerprint density at radius 1 is 1.55 bits per heavy atom. The molecule has 2 amide bonds. The van der Waals surface area contributed by atoms with Crippen molar-refractivity contribution < 1.29 is 24.0 Å². The molecule has 0 radical (unpaired) electrons. The third kappa shape index (κ3) is 4.54.